The zero-order valence-corrected chi connectivity index (χ0v) is 16.9. The van der Waals surface area contributed by atoms with Gasteiger partial charge in [-0.3, -0.25) is 30.2 Å². The van der Waals surface area contributed by atoms with E-state index in [9.17, 15) is 19.2 Å². The molecule has 0 radical (unpaired) electrons. The van der Waals surface area contributed by atoms with Gasteiger partial charge in [-0.1, -0.05) is 48.5 Å². The molecule has 3 rings (SSSR count). The van der Waals surface area contributed by atoms with Gasteiger partial charge >= 0.3 is 5.69 Å². The molecule has 0 bridgehead atoms. The van der Waals surface area contributed by atoms with Crippen molar-refractivity contribution in [3.8, 4) is 16.9 Å². The van der Waals surface area contributed by atoms with Crippen LogP contribution in [0.15, 0.2) is 64.2 Å². The quantitative estimate of drug-likeness (QED) is 0.425. The molecule has 0 aliphatic carbocycles. The van der Waals surface area contributed by atoms with Crippen LogP contribution in [0.5, 0.6) is 5.75 Å². The largest absolute Gasteiger partial charge is 0.483 e. The number of carbonyl (C=O) groups is 2. The maximum absolute atomic E-state index is 12.0. The second-order valence-corrected chi connectivity index (χ2v) is 6.76. The van der Waals surface area contributed by atoms with Gasteiger partial charge < -0.3 is 9.72 Å². The van der Waals surface area contributed by atoms with Gasteiger partial charge in [-0.25, -0.2) is 4.79 Å². The standard InChI is InChI=1S/C22H22N4O5/c1-14-16(21(29)24-22(30)23-14)11-12-19(27)25-26-20(28)13-31-18-10-6-5-9-17(18)15-7-3-2-4-8-15/h2-10H,11-13H2,1H3,(H,25,27)(H,26,28)(H2,23,24,29,30). The molecule has 3 aromatic rings. The third-order valence-electron chi connectivity index (χ3n) is 4.53. The van der Waals surface area contributed by atoms with Gasteiger partial charge in [-0.05, 0) is 25.0 Å². The van der Waals surface area contributed by atoms with E-state index in [1.165, 1.54) is 0 Å². The number of amides is 2. The van der Waals surface area contributed by atoms with E-state index in [2.05, 4.69) is 20.8 Å². The van der Waals surface area contributed by atoms with E-state index in [0.717, 1.165) is 11.1 Å². The molecule has 0 aliphatic rings. The van der Waals surface area contributed by atoms with Gasteiger partial charge in [0.25, 0.3) is 11.5 Å². The predicted octanol–water partition coefficient (Wildman–Crippen LogP) is 1.20. The third kappa shape index (κ3) is 5.92. The van der Waals surface area contributed by atoms with Crippen LogP contribution in [-0.2, 0) is 16.0 Å². The fourth-order valence-electron chi connectivity index (χ4n) is 3.00. The Hall–Kier alpha value is -4.14. The highest BCUT2D eigenvalue weighted by Crippen LogP contribution is 2.29. The Morgan fingerprint density at radius 2 is 1.58 bits per heavy atom. The van der Waals surface area contributed by atoms with Gasteiger partial charge in [0.2, 0.25) is 5.91 Å². The summed E-state index contributed by atoms with van der Waals surface area (Å²) in [5, 5.41) is 0. The Morgan fingerprint density at radius 3 is 2.32 bits per heavy atom. The second kappa shape index (κ2) is 10.1. The first-order valence-electron chi connectivity index (χ1n) is 9.61. The summed E-state index contributed by atoms with van der Waals surface area (Å²) >= 11 is 0. The molecule has 1 aromatic heterocycles. The molecule has 0 unspecified atom stereocenters. The fraction of sp³-hybridized carbons (Fsp3) is 0.182. The lowest BCUT2D eigenvalue weighted by Gasteiger charge is -2.12. The highest BCUT2D eigenvalue weighted by molar-refractivity contribution is 5.83. The molecule has 4 N–H and O–H groups in total. The summed E-state index contributed by atoms with van der Waals surface area (Å²) in [6, 6.07) is 17.0. The Bertz CT molecular complexity index is 1180. The zero-order valence-electron chi connectivity index (χ0n) is 16.9. The molecule has 0 aliphatic heterocycles. The monoisotopic (exact) mass is 422 g/mol. The fourth-order valence-corrected chi connectivity index (χ4v) is 3.00. The number of aromatic amines is 2. The maximum Gasteiger partial charge on any atom is 0.325 e. The van der Waals surface area contributed by atoms with Crippen LogP contribution in [0, 0.1) is 6.92 Å². The summed E-state index contributed by atoms with van der Waals surface area (Å²) in [7, 11) is 0. The van der Waals surface area contributed by atoms with Crippen LogP contribution in [0.25, 0.3) is 11.1 Å². The number of hydrogen-bond donors (Lipinski definition) is 4. The maximum atomic E-state index is 12.0. The van der Waals surface area contributed by atoms with Crippen LogP contribution < -0.4 is 26.8 Å². The number of para-hydroxylation sites is 1. The van der Waals surface area contributed by atoms with Crippen LogP contribution in [-0.4, -0.2) is 28.4 Å². The summed E-state index contributed by atoms with van der Waals surface area (Å²) in [5.41, 5.74) is 5.94. The number of aromatic nitrogens is 2. The Kier molecular flexibility index (Phi) is 7.00. The van der Waals surface area contributed by atoms with Gasteiger partial charge in [-0.2, -0.15) is 0 Å². The number of ether oxygens (including phenoxy) is 1. The van der Waals surface area contributed by atoms with Gasteiger partial charge in [0.05, 0.1) is 0 Å². The summed E-state index contributed by atoms with van der Waals surface area (Å²) in [4.78, 5) is 51.6. The summed E-state index contributed by atoms with van der Waals surface area (Å²) < 4.78 is 5.62. The van der Waals surface area contributed by atoms with Crippen LogP contribution in [0.3, 0.4) is 0 Å². The third-order valence-corrected chi connectivity index (χ3v) is 4.53. The van der Waals surface area contributed by atoms with E-state index >= 15 is 0 Å². The Balaban J connectivity index is 1.49. The lowest BCUT2D eigenvalue weighted by atomic mass is 10.1. The van der Waals surface area contributed by atoms with Crippen LogP contribution >= 0.6 is 0 Å². The summed E-state index contributed by atoms with van der Waals surface area (Å²) in [5.74, 6) is -0.472. The lowest BCUT2D eigenvalue weighted by Crippen LogP contribution is -2.44. The first-order valence-corrected chi connectivity index (χ1v) is 9.61. The highest BCUT2D eigenvalue weighted by atomic mass is 16.5. The van der Waals surface area contributed by atoms with Crippen molar-refractivity contribution in [3.63, 3.8) is 0 Å². The van der Waals surface area contributed by atoms with Crippen molar-refractivity contribution in [2.24, 2.45) is 0 Å². The second-order valence-electron chi connectivity index (χ2n) is 6.76. The van der Waals surface area contributed by atoms with E-state index in [1.807, 2.05) is 48.5 Å². The normalized spacial score (nSPS) is 10.4. The number of nitrogens with one attached hydrogen (secondary N) is 4. The zero-order chi connectivity index (χ0) is 22.2. The molecule has 2 aromatic carbocycles. The topological polar surface area (TPSA) is 133 Å². The molecule has 1 heterocycles. The minimum Gasteiger partial charge on any atom is -0.483 e. The molecule has 2 amide bonds. The Labute approximate surface area is 177 Å². The van der Waals surface area contributed by atoms with Crippen molar-refractivity contribution in [1.82, 2.24) is 20.8 Å². The van der Waals surface area contributed by atoms with Crippen molar-refractivity contribution in [1.29, 1.82) is 0 Å². The molecular weight excluding hydrogens is 400 g/mol. The van der Waals surface area contributed by atoms with Crippen molar-refractivity contribution in [2.75, 3.05) is 6.61 Å². The minimum atomic E-state index is -0.600. The first kappa shape index (κ1) is 21.6. The summed E-state index contributed by atoms with van der Waals surface area (Å²) in [6.07, 6.45) is 0.0640. The number of benzene rings is 2. The average Bonchev–Trinajstić information content (AvgIpc) is 2.76. The number of carbonyl (C=O) groups excluding carboxylic acids is 2. The van der Waals surface area contributed by atoms with Gasteiger partial charge in [0.15, 0.2) is 6.61 Å². The summed E-state index contributed by atoms with van der Waals surface area (Å²) in [6.45, 7) is 1.29. The van der Waals surface area contributed by atoms with Crippen molar-refractivity contribution < 1.29 is 14.3 Å². The first-order chi connectivity index (χ1) is 14.9. The molecule has 9 nitrogen and oxygen atoms in total. The van der Waals surface area contributed by atoms with E-state index in [4.69, 9.17) is 4.74 Å². The molecule has 0 fully saturated rings. The number of rotatable bonds is 7. The number of hydrazine groups is 1. The molecule has 0 saturated carbocycles. The average molecular weight is 422 g/mol. The van der Waals surface area contributed by atoms with E-state index in [1.54, 1.807) is 13.0 Å². The SMILES string of the molecule is Cc1[nH]c(=O)[nH]c(=O)c1CCC(=O)NNC(=O)COc1ccccc1-c1ccccc1. The van der Waals surface area contributed by atoms with Gasteiger partial charge in [0, 0.05) is 23.2 Å². The van der Waals surface area contributed by atoms with E-state index in [-0.39, 0.29) is 19.4 Å². The highest BCUT2D eigenvalue weighted by Gasteiger charge is 2.11. The van der Waals surface area contributed by atoms with Crippen LogP contribution in [0.4, 0.5) is 0 Å². The van der Waals surface area contributed by atoms with E-state index < -0.39 is 23.1 Å². The van der Waals surface area contributed by atoms with Gasteiger partial charge in [0.1, 0.15) is 5.75 Å². The number of aryl methyl sites for hydroxylation is 1. The van der Waals surface area contributed by atoms with Crippen LogP contribution in [0.2, 0.25) is 0 Å². The van der Waals surface area contributed by atoms with Crippen LogP contribution in [0.1, 0.15) is 17.7 Å². The molecular formula is C22H22N4O5. The molecule has 0 spiro atoms. The van der Waals surface area contributed by atoms with Crippen molar-refractivity contribution in [2.45, 2.75) is 19.8 Å². The molecule has 160 valence electrons. The van der Waals surface area contributed by atoms with Gasteiger partial charge in [-0.15, -0.1) is 0 Å². The lowest BCUT2D eigenvalue weighted by molar-refractivity contribution is -0.130. The minimum absolute atomic E-state index is 0.0477. The molecule has 0 atom stereocenters. The molecule has 31 heavy (non-hydrogen) atoms. The van der Waals surface area contributed by atoms with E-state index in [0.29, 0.717) is 17.0 Å². The predicted molar refractivity (Wildman–Crippen MR) is 114 cm³/mol. The number of H-pyrrole nitrogens is 2. The Morgan fingerprint density at radius 1 is 0.903 bits per heavy atom. The van der Waals surface area contributed by atoms with Crippen molar-refractivity contribution >= 4 is 11.8 Å². The molecule has 0 saturated heterocycles. The number of hydrogen-bond acceptors (Lipinski definition) is 5. The van der Waals surface area contributed by atoms with Crippen molar-refractivity contribution in [3.05, 3.63) is 86.7 Å². The molecule has 9 heteroatoms. The smallest absolute Gasteiger partial charge is 0.325 e.